The highest BCUT2D eigenvalue weighted by atomic mass is 19.1. The lowest BCUT2D eigenvalue weighted by atomic mass is 10.00. The molecular formula is C12H16FNO2. The molecule has 0 aliphatic carbocycles. The van der Waals surface area contributed by atoms with Crippen LogP contribution in [0.1, 0.15) is 12.5 Å². The lowest BCUT2D eigenvalue weighted by Gasteiger charge is -2.14. The summed E-state index contributed by atoms with van der Waals surface area (Å²) in [5.74, 6) is -0.489. The fourth-order valence-corrected chi connectivity index (χ4v) is 1.49. The van der Waals surface area contributed by atoms with E-state index in [-0.39, 0.29) is 24.2 Å². The van der Waals surface area contributed by atoms with Crippen molar-refractivity contribution in [1.82, 2.24) is 5.32 Å². The molecule has 1 rings (SSSR count). The molecule has 0 radical (unpaired) electrons. The average Bonchev–Trinajstić information content (AvgIpc) is 2.24. The number of aliphatic hydroxyl groups is 1. The second kappa shape index (κ2) is 6.23. The molecular weight excluding hydrogens is 209 g/mol. The zero-order valence-corrected chi connectivity index (χ0v) is 9.24. The van der Waals surface area contributed by atoms with E-state index in [1.165, 1.54) is 19.1 Å². The van der Waals surface area contributed by atoms with Crippen LogP contribution in [-0.4, -0.2) is 24.2 Å². The highest BCUT2D eigenvalue weighted by Crippen LogP contribution is 2.09. The highest BCUT2D eigenvalue weighted by molar-refractivity contribution is 5.72. The molecule has 0 saturated heterocycles. The van der Waals surface area contributed by atoms with E-state index in [1.807, 2.05) is 0 Å². The maximum absolute atomic E-state index is 12.9. The van der Waals surface area contributed by atoms with Crippen molar-refractivity contribution < 1.29 is 14.3 Å². The molecule has 1 atom stereocenters. The maximum atomic E-state index is 12.9. The zero-order chi connectivity index (χ0) is 12.0. The second-order valence-corrected chi connectivity index (χ2v) is 3.82. The van der Waals surface area contributed by atoms with E-state index in [0.29, 0.717) is 13.0 Å². The number of hydrogen-bond donors (Lipinski definition) is 2. The first-order chi connectivity index (χ1) is 7.61. The van der Waals surface area contributed by atoms with Gasteiger partial charge in [0.15, 0.2) is 0 Å². The van der Waals surface area contributed by atoms with Crippen LogP contribution in [0.2, 0.25) is 0 Å². The molecule has 2 N–H and O–H groups in total. The minimum absolute atomic E-state index is 0.0310. The van der Waals surface area contributed by atoms with E-state index >= 15 is 0 Å². The Kier molecular flexibility index (Phi) is 4.92. The largest absolute Gasteiger partial charge is 0.396 e. The minimum Gasteiger partial charge on any atom is -0.396 e. The molecule has 88 valence electrons. The van der Waals surface area contributed by atoms with Crippen LogP contribution in [0.5, 0.6) is 0 Å². The standard InChI is InChI=1S/C12H16FNO2/c1-9(16)14-7-11(8-15)5-10-3-2-4-12(13)6-10/h2-4,6,11,15H,5,7-8H2,1H3,(H,14,16). The van der Waals surface area contributed by atoms with Crippen molar-refractivity contribution in [3.05, 3.63) is 35.6 Å². The van der Waals surface area contributed by atoms with E-state index in [0.717, 1.165) is 5.56 Å². The van der Waals surface area contributed by atoms with Crippen molar-refractivity contribution in [3.8, 4) is 0 Å². The summed E-state index contributed by atoms with van der Waals surface area (Å²) in [6.45, 7) is 1.80. The summed E-state index contributed by atoms with van der Waals surface area (Å²) in [6, 6.07) is 6.26. The number of nitrogens with one attached hydrogen (secondary N) is 1. The average molecular weight is 225 g/mol. The molecule has 0 aliphatic rings. The summed E-state index contributed by atoms with van der Waals surface area (Å²) in [4.78, 5) is 10.7. The van der Waals surface area contributed by atoms with Gasteiger partial charge in [-0.25, -0.2) is 4.39 Å². The number of amides is 1. The highest BCUT2D eigenvalue weighted by Gasteiger charge is 2.09. The lowest BCUT2D eigenvalue weighted by Crippen LogP contribution is -2.30. The Hall–Kier alpha value is -1.42. The van der Waals surface area contributed by atoms with Crippen LogP contribution in [0.25, 0.3) is 0 Å². The first kappa shape index (κ1) is 12.6. The van der Waals surface area contributed by atoms with Gasteiger partial charge in [0.25, 0.3) is 0 Å². The van der Waals surface area contributed by atoms with Gasteiger partial charge in [-0.1, -0.05) is 12.1 Å². The molecule has 0 spiro atoms. The Balaban J connectivity index is 2.52. The van der Waals surface area contributed by atoms with E-state index in [1.54, 1.807) is 12.1 Å². The van der Waals surface area contributed by atoms with Gasteiger partial charge in [0.1, 0.15) is 5.82 Å². The third-order valence-electron chi connectivity index (χ3n) is 2.31. The second-order valence-electron chi connectivity index (χ2n) is 3.82. The Morgan fingerprint density at radius 1 is 1.56 bits per heavy atom. The Bertz CT molecular complexity index is 355. The van der Waals surface area contributed by atoms with Crippen LogP contribution in [0.4, 0.5) is 4.39 Å². The monoisotopic (exact) mass is 225 g/mol. The van der Waals surface area contributed by atoms with E-state index in [4.69, 9.17) is 5.11 Å². The molecule has 1 amide bonds. The molecule has 0 fully saturated rings. The van der Waals surface area contributed by atoms with Gasteiger partial charge in [-0.15, -0.1) is 0 Å². The molecule has 3 nitrogen and oxygen atoms in total. The number of benzene rings is 1. The smallest absolute Gasteiger partial charge is 0.216 e. The van der Waals surface area contributed by atoms with Crippen molar-refractivity contribution in [2.75, 3.05) is 13.2 Å². The number of rotatable bonds is 5. The normalized spacial score (nSPS) is 12.2. The number of hydrogen-bond acceptors (Lipinski definition) is 2. The molecule has 0 saturated carbocycles. The molecule has 4 heteroatoms. The SMILES string of the molecule is CC(=O)NCC(CO)Cc1cccc(F)c1. The number of carbonyl (C=O) groups is 1. The van der Waals surface area contributed by atoms with Crippen molar-refractivity contribution in [3.63, 3.8) is 0 Å². The minimum atomic E-state index is -0.284. The summed E-state index contributed by atoms with van der Waals surface area (Å²) >= 11 is 0. The topological polar surface area (TPSA) is 49.3 Å². The first-order valence-electron chi connectivity index (χ1n) is 5.21. The third-order valence-corrected chi connectivity index (χ3v) is 2.31. The van der Waals surface area contributed by atoms with Gasteiger partial charge >= 0.3 is 0 Å². The number of aliphatic hydroxyl groups excluding tert-OH is 1. The Morgan fingerprint density at radius 2 is 2.31 bits per heavy atom. The maximum Gasteiger partial charge on any atom is 0.216 e. The zero-order valence-electron chi connectivity index (χ0n) is 9.24. The summed E-state index contributed by atoms with van der Waals surface area (Å²) in [6.07, 6.45) is 0.550. The lowest BCUT2D eigenvalue weighted by molar-refractivity contribution is -0.119. The fraction of sp³-hybridized carbons (Fsp3) is 0.417. The predicted octanol–water partition coefficient (Wildman–Crippen LogP) is 1.11. The number of halogens is 1. The molecule has 1 aromatic rings. The van der Waals surface area contributed by atoms with Gasteiger partial charge < -0.3 is 10.4 Å². The summed E-state index contributed by atoms with van der Waals surface area (Å²) in [5.41, 5.74) is 0.824. The van der Waals surface area contributed by atoms with Crippen LogP contribution in [0.15, 0.2) is 24.3 Å². The van der Waals surface area contributed by atoms with Gasteiger partial charge in [0.05, 0.1) is 0 Å². The van der Waals surface area contributed by atoms with Crippen LogP contribution in [-0.2, 0) is 11.2 Å². The predicted molar refractivity (Wildman–Crippen MR) is 59.4 cm³/mol. The third kappa shape index (κ3) is 4.40. The van der Waals surface area contributed by atoms with Crippen molar-refractivity contribution in [2.24, 2.45) is 5.92 Å². The van der Waals surface area contributed by atoms with E-state index < -0.39 is 0 Å². The van der Waals surface area contributed by atoms with Gasteiger partial charge in [0.2, 0.25) is 5.91 Å². The van der Waals surface area contributed by atoms with Crippen LogP contribution >= 0.6 is 0 Å². The first-order valence-corrected chi connectivity index (χ1v) is 5.21. The summed E-state index contributed by atoms with van der Waals surface area (Å²) in [5, 5.41) is 11.8. The molecule has 0 aliphatic heterocycles. The number of carbonyl (C=O) groups excluding carboxylic acids is 1. The van der Waals surface area contributed by atoms with Crippen LogP contribution in [0.3, 0.4) is 0 Å². The summed E-state index contributed by atoms with van der Waals surface area (Å²) in [7, 11) is 0. The Morgan fingerprint density at radius 3 is 2.88 bits per heavy atom. The quantitative estimate of drug-likeness (QED) is 0.788. The van der Waals surface area contributed by atoms with Crippen molar-refractivity contribution in [2.45, 2.75) is 13.3 Å². The fourth-order valence-electron chi connectivity index (χ4n) is 1.49. The van der Waals surface area contributed by atoms with Gasteiger partial charge in [-0.2, -0.15) is 0 Å². The Labute approximate surface area is 94.3 Å². The molecule has 16 heavy (non-hydrogen) atoms. The van der Waals surface area contributed by atoms with Gasteiger partial charge in [0, 0.05) is 26.0 Å². The van der Waals surface area contributed by atoms with E-state index in [9.17, 15) is 9.18 Å². The molecule has 0 heterocycles. The molecule has 1 unspecified atom stereocenters. The van der Waals surface area contributed by atoms with Gasteiger partial charge in [-0.3, -0.25) is 4.79 Å². The van der Waals surface area contributed by atoms with E-state index in [2.05, 4.69) is 5.32 Å². The van der Waals surface area contributed by atoms with Crippen LogP contribution in [0, 0.1) is 11.7 Å². The van der Waals surface area contributed by atoms with Crippen LogP contribution < -0.4 is 5.32 Å². The summed E-state index contributed by atoms with van der Waals surface area (Å²) < 4.78 is 12.9. The van der Waals surface area contributed by atoms with Crippen molar-refractivity contribution >= 4 is 5.91 Å². The molecule has 0 bridgehead atoms. The molecule has 0 aromatic heterocycles. The van der Waals surface area contributed by atoms with Gasteiger partial charge in [-0.05, 0) is 24.1 Å². The van der Waals surface area contributed by atoms with Crippen molar-refractivity contribution in [1.29, 1.82) is 0 Å². The molecule has 1 aromatic carbocycles.